The normalized spacial score (nSPS) is 21.6. The number of hydrogen-bond acceptors (Lipinski definition) is 2. The molecule has 3 N–H and O–H groups in total. The Morgan fingerprint density at radius 3 is 1.76 bits per heavy atom. The molecule has 0 aromatic rings. The van der Waals surface area contributed by atoms with Crippen LogP contribution in [-0.4, -0.2) is 5.66 Å². The maximum Gasteiger partial charge on any atom is 0.102 e. The molecule has 0 radical (unpaired) electrons. The van der Waals surface area contributed by atoms with Gasteiger partial charge in [0.25, 0.3) is 0 Å². The highest BCUT2D eigenvalue weighted by atomic mass is 15.1. The summed E-state index contributed by atoms with van der Waals surface area (Å²) in [5.74, 6) is 0. The molecule has 0 fully saturated rings. The topological polar surface area (TPSA) is 38.0 Å². The highest BCUT2D eigenvalue weighted by Gasteiger charge is 2.10. The van der Waals surface area contributed by atoms with Gasteiger partial charge in [0.05, 0.1) is 0 Å². The number of rotatable bonds is 6. The van der Waals surface area contributed by atoms with Gasteiger partial charge < -0.3 is 11.1 Å². The van der Waals surface area contributed by atoms with E-state index in [1.165, 1.54) is 44.9 Å². The van der Waals surface area contributed by atoms with E-state index in [0.717, 1.165) is 0 Å². The average molecular weight is 238 g/mol. The van der Waals surface area contributed by atoms with Crippen LogP contribution >= 0.6 is 0 Å². The zero-order valence-electron chi connectivity index (χ0n) is 11.8. The van der Waals surface area contributed by atoms with Gasteiger partial charge in [-0.15, -0.1) is 0 Å². The van der Waals surface area contributed by atoms with Gasteiger partial charge in [0.1, 0.15) is 5.66 Å². The van der Waals surface area contributed by atoms with Crippen molar-refractivity contribution in [2.24, 2.45) is 5.73 Å². The minimum absolute atomic E-state index is 0.339. The summed E-state index contributed by atoms with van der Waals surface area (Å²) < 4.78 is 0. The van der Waals surface area contributed by atoms with Gasteiger partial charge in [-0.3, -0.25) is 0 Å². The van der Waals surface area contributed by atoms with Gasteiger partial charge in [0.15, 0.2) is 0 Å². The van der Waals surface area contributed by atoms with Gasteiger partial charge >= 0.3 is 0 Å². The molecule has 2 nitrogen and oxygen atoms in total. The Bertz CT molecular complexity index is 211. The summed E-state index contributed by atoms with van der Waals surface area (Å²) in [4.78, 5) is 0. The highest BCUT2D eigenvalue weighted by Crippen LogP contribution is 2.05. The van der Waals surface area contributed by atoms with Crippen LogP contribution in [0.5, 0.6) is 0 Å². The van der Waals surface area contributed by atoms with E-state index in [4.69, 9.17) is 5.73 Å². The van der Waals surface area contributed by atoms with E-state index in [2.05, 4.69) is 19.2 Å². The Balaban J connectivity index is 0.000000302. The summed E-state index contributed by atoms with van der Waals surface area (Å²) in [6.07, 6.45) is 17.6. The molecule has 1 unspecified atom stereocenters. The molecule has 1 aliphatic rings. The Labute approximate surface area is 107 Å². The summed E-state index contributed by atoms with van der Waals surface area (Å²) in [5, 5.41) is 2.97. The van der Waals surface area contributed by atoms with Crippen molar-refractivity contribution in [3.05, 3.63) is 24.4 Å². The predicted molar refractivity (Wildman–Crippen MR) is 77.7 cm³/mol. The van der Waals surface area contributed by atoms with Crippen LogP contribution in [0.1, 0.15) is 65.7 Å². The van der Waals surface area contributed by atoms with Crippen LogP contribution in [0.2, 0.25) is 0 Å². The maximum atomic E-state index is 5.63. The van der Waals surface area contributed by atoms with Crippen molar-refractivity contribution in [2.75, 3.05) is 0 Å². The minimum Gasteiger partial charge on any atom is -0.370 e. The zero-order valence-corrected chi connectivity index (χ0v) is 11.8. The van der Waals surface area contributed by atoms with Gasteiger partial charge in [0, 0.05) is 0 Å². The molecular formula is C15H30N2. The molecule has 0 aromatic carbocycles. The fourth-order valence-electron chi connectivity index (χ4n) is 1.62. The number of dihydropyridines is 1. The lowest BCUT2D eigenvalue weighted by atomic mass is 10.1. The molecule has 0 spiro atoms. The summed E-state index contributed by atoms with van der Waals surface area (Å²) in [5.41, 5.74) is 5.29. The fraction of sp³-hybridized carbons (Fsp3) is 0.733. The summed E-state index contributed by atoms with van der Waals surface area (Å²) in [6.45, 7) is 6.44. The Hall–Kier alpha value is -0.760. The van der Waals surface area contributed by atoms with E-state index in [0.29, 0.717) is 0 Å². The third-order valence-corrected chi connectivity index (χ3v) is 2.75. The first-order valence-electron chi connectivity index (χ1n) is 7.03. The smallest absolute Gasteiger partial charge is 0.102 e. The molecule has 17 heavy (non-hydrogen) atoms. The lowest BCUT2D eigenvalue weighted by Crippen LogP contribution is -2.46. The first-order valence-corrected chi connectivity index (χ1v) is 7.03. The monoisotopic (exact) mass is 238 g/mol. The lowest BCUT2D eigenvalue weighted by Gasteiger charge is -2.22. The summed E-state index contributed by atoms with van der Waals surface area (Å²) in [6, 6.07) is 0. The second-order valence-corrected chi connectivity index (χ2v) is 4.91. The van der Waals surface area contributed by atoms with Crippen molar-refractivity contribution >= 4 is 0 Å². The van der Waals surface area contributed by atoms with Crippen LogP contribution in [0.3, 0.4) is 0 Å². The fourth-order valence-corrected chi connectivity index (χ4v) is 1.62. The van der Waals surface area contributed by atoms with Crippen LogP contribution < -0.4 is 11.1 Å². The number of unbranched alkanes of at least 4 members (excludes halogenated alkanes) is 6. The molecule has 1 aliphatic heterocycles. The molecular weight excluding hydrogens is 208 g/mol. The summed E-state index contributed by atoms with van der Waals surface area (Å²) in [7, 11) is 0. The van der Waals surface area contributed by atoms with E-state index >= 15 is 0 Å². The van der Waals surface area contributed by atoms with Crippen molar-refractivity contribution in [3.63, 3.8) is 0 Å². The van der Waals surface area contributed by atoms with Gasteiger partial charge in [-0.2, -0.15) is 0 Å². The molecule has 0 saturated heterocycles. The Kier molecular flexibility index (Phi) is 9.93. The number of nitrogens with one attached hydrogen (secondary N) is 1. The molecule has 0 amide bonds. The van der Waals surface area contributed by atoms with E-state index in [1.54, 1.807) is 0 Å². The predicted octanol–water partition coefficient (Wildman–Crippen LogP) is 4.09. The van der Waals surface area contributed by atoms with Crippen molar-refractivity contribution in [1.29, 1.82) is 0 Å². The van der Waals surface area contributed by atoms with Crippen molar-refractivity contribution in [1.82, 2.24) is 5.32 Å². The molecule has 0 bridgehead atoms. The average Bonchev–Trinajstić information content (AvgIpc) is 2.29. The van der Waals surface area contributed by atoms with Gasteiger partial charge in [-0.1, -0.05) is 64.9 Å². The zero-order chi connectivity index (χ0) is 13.0. The SMILES string of the molecule is CC1(N)C=CC=CN1.CCCCCCCCC. The van der Waals surface area contributed by atoms with Gasteiger partial charge in [-0.05, 0) is 25.3 Å². The van der Waals surface area contributed by atoms with Gasteiger partial charge in [0.2, 0.25) is 0 Å². The molecule has 1 rings (SSSR count). The van der Waals surface area contributed by atoms with E-state index < -0.39 is 0 Å². The first-order chi connectivity index (χ1) is 8.12. The second-order valence-electron chi connectivity index (χ2n) is 4.91. The van der Waals surface area contributed by atoms with E-state index in [-0.39, 0.29) is 5.66 Å². The number of allylic oxidation sites excluding steroid dienone is 2. The Morgan fingerprint density at radius 1 is 0.941 bits per heavy atom. The van der Waals surface area contributed by atoms with Gasteiger partial charge in [-0.25, -0.2) is 0 Å². The first kappa shape index (κ1) is 16.2. The molecule has 1 atom stereocenters. The van der Waals surface area contributed by atoms with Crippen LogP contribution in [0.4, 0.5) is 0 Å². The quantitative estimate of drug-likeness (QED) is 0.684. The maximum absolute atomic E-state index is 5.63. The van der Waals surface area contributed by atoms with Crippen LogP contribution in [-0.2, 0) is 0 Å². The van der Waals surface area contributed by atoms with Crippen LogP contribution in [0.15, 0.2) is 24.4 Å². The number of hydrogen-bond donors (Lipinski definition) is 2. The summed E-state index contributed by atoms with van der Waals surface area (Å²) >= 11 is 0. The molecule has 1 heterocycles. The molecule has 100 valence electrons. The molecule has 0 aromatic heterocycles. The van der Waals surface area contributed by atoms with Crippen molar-refractivity contribution in [3.8, 4) is 0 Å². The molecule has 0 aliphatic carbocycles. The van der Waals surface area contributed by atoms with Crippen molar-refractivity contribution in [2.45, 2.75) is 71.4 Å². The van der Waals surface area contributed by atoms with E-state index in [1.807, 2.05) is 31.4 Å². The molecule has 2 heteroatoms. The van der Waals surface area contributed by atoms with E-state index in [9.17, 15) is 0 Å². The Morgan fingerprint density at radius 2 is 1.47 bits per heavy atom. The van der Waals surface area contributed by atoms with Crippen LogP contribution in [0, 0.1) is 0 Å². The minimum atomic E-state index is -0.339. The molecule has 0 saturated carbocycles. The second kappa shape index (κ2) is 10.4. The van der Waals surface area contributed by atoms with Crippen molar-refractivity contribution < 1.29 is 0 Å². The third-order valence-electron chi connectivity index (χ3n) is 2.75. The largest absolute Gasteiger partial charge is 0.370 e. The highest BCUT2D eigenvalue weighted by molar-refractivity contribution is 5.15. The lowest BCUT2D eigenvalue weighted by molar-refractivity contribution is 0.518. The standard InChI is InChI=1S/C9H20.C6H10N2/c1-3-5-7-9-8-6-4-2;1-6(7)4-2-3-5-8-6/h3-9H2,1-2H3;2-5,8H,7H2,1H3. The third kappa shape index (κ3) is 11.5. The number of nitrogens with two attached hydrogens (primary N) is 1. The van der Waals surface area contributed by atoms with Crippen LogP contribution in [0.25, 0.3) is 0 Å².